The van der Waals surface area contributed by atoms with Gasteiger partial charge in [0.2, 0.25) is 0 Å². The SMILES string of the molecule is CCn1cc(C(N)C(OC)C(C)C)cn1. The Morgan fingerprint density at radius 3 is 2.60 bits per heavy atom. The van der Waals surface area contributed by atoms with Crippen molar-refractivity contribution in [1.82, 2.24) is 9.78 Å². The zero-order valence-corrected chi connectivity index (χ0v) is 9.97. The number of aromatic nitrogens is 2. The third-order valence-electron chi connectivity index (χ3n) is 2.65. The van der Waals surface area contributed by atoms with E-state index in [-0.39, 0.29) is 12.1 Å². The van der Waals surface area contributed by atoms with E-state index in [1.165, 1.54) is 0 Å². The number of hydrogen-bond donors (Lipinski definition) is 1. The number of nitrogens with two attached hydrogens (primary N) is 1. The van der Waals surface area contributed by atoms with Gasteiger partial charge < -0.3 is 10.5 Å². The predicted octanol–water partition coefficient (Wildman–Crippen LogP) is 1.57. The van der Waals surface area contributed by atoms with Crippen LogP contribution in [0.3, 0.4) is 0 Å². The van der Waals surface area contributed by atoms with Gasteiger partial charge in [-0.3, -0.25) is 4.68 Å². The minimum absolute atomic E-state index is 0.0412. The van der Waals surface area contributed by atoms with Crippen molar-refractivity contribution in [2.75, 3.05) is 7.11 Å². The molecule has 2 unspecified atom stereocenters. The maximum Gasteiger partial charge on any atom is 0.0787 e. The maximum absolute atomic E-state index is 6.14. The van der Waals surface area contributed by atoms with Gasteiger partial charge in [0.25, 0.3) is 0 Å². The second-order valence-electron chi connectivity index (χ2n) is 4.10. The Bertz CT molecular complexity index is 296. The first-order valence-electron chi connectivity index (χ1n) is 5.40. The molecule has 1 heterocycles. The average molecular weight is 211 g/mol. The molecule has 1 aromatic heterocycles. The first-order valence-corrected chi connectivity index (χ1v) is 5.40. The molecular weight excluding hydrogens is 190 g/mol. The zero-order valence-electron chi connectivity index (χ0n) is 9.97. The van der Waals surface area contributed by atoms with E-state index in [2.05, 4.69) is 25.9 Å². The molecule has 1 aromatic rings. The van der Waals surface area contributed by atoms with Gasteiger partial charge in [0.1, 0.15) is 0 Å². The normalized spacial score (nSPS) is 15.6. The summed E-state index contributed by atoms with van der Waals surface area (Å²) in [6.45, 7) is 7.14. The molecule has 4 nitrogen and oxygen atoms in total. The monoisotopic (exact) mass is 211 g/mol. The lowest BCUT2D eigenvalue weighted by molar-refractivity contribution is 0.0437. The number of aryl methyl sites for hydroxylation is 1. The fraction of sp³-hybridized carbons (Fsp3) is 0.727. The Morgan fingerprint density at radius 1 is 1.53 bits per heavy atom. The van der Waals surface area contributed by atoms with E-state index in [1.807, 2.05) is 17.1 Å². The fourth-order valence-corrected chi connectivity index (χ4v) is 1.75. The van der Waals surface area contributed by atoms with Gasteiger partial charge in [0, 0.05) is 25.4 Å². The molecule has 86 valence electrons. The van der Waals surface area contributed by atoms with Gasteiger partial charge in [-0.05, 0) is 12.8 Å². The Kier molecular flexibility index (Phi) is 4.29. The second-order valence-corrected chi connectivity index (χ2v) is 4.10. The molecule has 4 heteroatoms. The Hall–Kier alpha value is -0.870. The third kappa shape index (κ3) is 2.79. The molecule has 1 rings (SSSR count). The third-order valence-corrected chi connectivity index (χ3v) is 2.65. The summed E-state index contributed by atoms with van der Waals surface area (Å²) < 4.78 is 7.29. The van der Waals surface area contributed by atoms with Gasteiger partial charge in [-0.2, -0.15) is 5.10 Å². The van der Waals surface area contributed by atoms with Crippen molar-refractivity contribution < 1.29 is 4.74 Å². The van der Waals surface area contributed by atoms with Crippen LogP contribution in [0.15, 0.2) is 12.4 Å². The molecule has 0 spiro atoms. The molecule has 15 heavy (non-hydrogen) atoms. The predicted molar refractivity (Wildman–Crippen MR) is 60.5 cm³/mol. The first kappa shape index (κ1) is 12.2. The minimum Gasteiger partial charge on any atom is -0.379 e. The van der Waals surface area contributed by atoms with Crippen LogP contribution in [0.2, 0.25) is 0 Å². The molecule has 0 bridgehead atoms. The van der Waals surface area contributed by atoms with Crippen LogP contribution in [0.4, 0.5) is 0 Å². The van der Waals surface area contributed by atoms with Crippen LogP contribution in [0.1, 0.15) is 32.4 Å². The summed E-state index contributed by atoms with van der Waals surface area (Å²) in [6.07, 6.45) is 3.85. The van der Waals surface area contributed by atoms with Crippen molar-refractivity contribution in [3.05, 3.63) is 18.0 Å². The quantitative estimate of drug-likeness (QED) is 0.804. The van der Waals surface area contributed by atoms with Crippen molar-refractivity contribution >= 4 is 0 Å². The van der Waals surface area contributed by atoms with Crippen LogP contribution in [0, 0.1) is 5.92 Å². The van der Waals surface area contributed by atoms with E-state index in [9.17, 15) is 0 Å². The lowest BCUT2D eigenvalue weighted by atomic mass is 9.96. The topological polar surface area (TPSA) is 53.1 Å². The summed E-state index contributed by atoms with van der Waals surface area (Å²) in [4.78, 5) is 0. The number of methoxy groups -OCH3 is 1. The first-order chi connectivity index (χ1) is 7.10. The largest absolute Gasteiger partial charge is 0.379 e. The van der Waals surface area contributed by atoms with E-state index in [1.54, 1.807) is 7.11 Å². The summed E-state index contributed by atoms with van der Waals surface area (Å²) in [5.74, 6) is 0.398. The standard InChI is InChI=1S/C11H21N3O/c1-5-14-7-9(6-13-14)10(12)11(15-4)8(2)3/h6-8,10-11H,5,12H2,1-4H3. The average Bonchev–Trinajstić information content (AvgIpc) is 2.66. The van der Waals surface area contributed by atoms with Crippen molar-refractivity contribution in [3.63, 3.8) is 0 Å². The number of ether oxygens (including phenoxy) is 1. The van der Waals surface area contributed by atoms with E-state index in [4.69, 9.17) is 10.5 Å². The van der Waals surface area contributed by atoms with Gasteiger partial charge in [0.15, 0.2) is 0 Å². The van der Waals surface area contributed by atoms with Gasteiger partial charge in [-0.1, -0.05) is 13.8 Å². The summed E-state index contributed by atoms with van der Waals surface area (Å²) in [7, 11) is 1.70. The summed E-state index contributed by atoms with van der Waals surface area (Å²) in [6, 6.07) is -0.102. The van der Waals surface area contributed by atoms with E-state index in [0.717, 1.165) is 12.1 Å². The highest BCUT2D eigenvalue weighted by molar-refractivity contribution is 5.12. The molecule has 2 N–H and O–H groups in total. The highest BCUT2D eigenvalue weighted by atomic mass is 16.5. The highest BCUT2D eigenvalue weighted by Gasteiger charge is 2.23. The number of rotatable bonds is 5. The van der Waals surface area contributed by atoms with Crippen LogP contribution in [-0.2, 0) is 11.3 Å². The number of nitrogens with zero attached hydrogens (tertiary/aromatic N) is 2. The molecule has 0 radical (unpaired) electrons. The minimum atomic E-state index is -0.102. The maximum atomic E-state index is 6.14. The molecule has 2 atom stereocenters. The summed E-state index contributed by atoms with van der Waals surface area (Å²) in [5.41, 5.74) is 7.18. The van der Waals surface area contributed by atoms with Crippen LogP contribution in [0.25, 0.3) is 0 Å². The van der Waals surface area contributed by atoms with E-state index < -0.39 is 0 Å². The molecule has 0 saturated heterocycles. The van der Waals surface area contributed by atoms with Gasteiger partial charge in [-0.25, -0.2) is 0 Å². The summed E-state index contributed by atoms with van der Waals surface area (Å²) >= 11 is 0. The molecular formula is C11H21N3O. The van der Waals surface area contributed by atoms with Crippen molar-refractivity contribution in [2.24, 2.45) is 11.7 Å². The van der Waals surface area contributed by atoms with Crippen LogP contribution in [-0.4, -0.2) is 23.0 Å². The molecule has 0 fully saturated rings. The molecule has 0 aliphatic carbocycles. The molecule has 0 aliphatic heterocycles. The van der Waals surface area contributed by atoms with Gasteiger partial charge in [-0.15, -0.1) is 0 Å². The Balaban J connectivity index is 2.77. The second kappa shape index (κ2) is 5.28. The Labute approximate surface area is 91.4 Å². The van der Waals surface area contributed by atoms with Crippen molar-refractivity contribution in [1.29, 1.82) is 0 Å². The lowest BCUT2D eigenvalue weighted by Crippen LogP contribution is -2.32. The summed E-state index contributed by atoms with van der Waals surface area (Å²) in [5, 5.41) is 4.21. The molecule has 0 saturated carbocycles. The van der Waals surface area contributed by atoms with Crippen LogP contribution >= 0.6 is 0 Å². The van der Waals surface area contributed by atoms with Crippen LogP contribution < -0.4 is 5.73 Å². The lowest BCUT2D eigenvalue weighted by Gasteiger charge is -2.25. The van der Waals surface area contributed by atoms with Gasteiger partial charge in [0.05, 0.1) is 18.3 Å². The van der Waals surface area contributed by atoms with Crippen molar-refractivity contribution in [3.8, 4) is 0 Å². The van der Waals surface area contributed by atoms with Crippen LogP contribution in [0.5, 0.6) is 0 Å². The van der Waals surface area contributed by atoms with E-state index >= 15 is 0 Å². The molecule has 0 aliphatic rings. The van der Waals surface area contributed by atoms with Gasteiger partial charge >= 0.3 is 0 Å². The zero-order chi connectivity index (χ0) is 11.4. The smallest absolute Gasteiger partial charge is 0.0787 e. The molecule has 0 aromatic carbocycles. The number of hydrogen-bond acceptors (Lipinski definition) is 3. The molecule has 0 amide bonds. The fourth-order valence-electron chi connectivity index (χ4n) is 1.75. The van der Waals surface area contributed by atoms with E-state index in [0.29, 0.717) is 5.92 Å². The van der Waals surface area contributed by atoms with Crippen molar-refractivity contribution in [2.45, 2.75) is 39.5 Å². The highest BCUT2D eigenvalue weighted by Crippen LogP contribution is 2.21. The Morgan fingerprint density at radius 2 is 2.20 bits per heavy atom.